The van der Waals surface area contributed by atoms with E-state index in [1.165, 1.54) is 22.3 Å². The summed E-state index contributed by atoms with van der Waals surface area (Å²) < 4.78 is 21.4. The Hall–Kier alpha value is -2.73. The third kappa shape index (κ3) is 2.18. The minimum absolute atomic E-state index is 0.258. The van der Waals surface area contributed by atoms with Gasteiger partial charge in [-0.25, -0.2) is 4.79 Å². The van der Waals surface area contributed by atoms with Crippen molar-refractivity contribution < 1.29 is 18.3 Å². The first-order valence-electron chi connectivity index (χ1n) is 8.71. The Morgan fingerprint density at radius 1 is 1.08 bits per heavy atom. The van der Waals surface area contributed by atoms with Gasteiger partial charge in [0.25, 0.3) is 0 Å². The molecule has 2 aliphatic heterocycles. The van der Waals surface area contributed by atoms with Gasteiger partial charge in [0.15, 0.2) is 22.7 Å². The molecule has 26 heavy (non-hydrogen) atoms. The predicted molar refractivity (Wildman–Crippen MR) is 94.9 cm³/mol. The van der Waals surface area contributed by atoms with E-state index in [4.69, 9.17) is 18.3 Å². The summed E-state index contributed by atoms with van der Waals surface area (Å²) in [5.41, 5.74) is 5.97. The topological polar surface area (TPSA) is 65.1 Å². The highest BCUT2D eigenvalue weighted by Crippen LogP contribution is 2.44. The SMILES string of the molecule is COc1ccc2c(c1OC)CN1CCc3cc4oc(=O)oc4cc3C1C2. The number of fused-ring (bicyclic) bond motifs is 5. The first-order valence-corrected chi connectivity index (χ1v) is 8.71. The van der Waals surface area contributed by atoms with Gasteiger partial charge >= 0.3 is 5.82 Å². The average Bonchev–Trinajstić information content (AvgIpc) is 3.02. The second-order valence-electron chi connectivity index (χ2n) is 6.83. The fraction of sp³-hybridized carbons (Fsp3) is 0.350. The Morgan fingerprint density at radius 3 is 2.65 bits per heavy atom. The number of hydrogen-bond acceptors (Lipinski definition) is 6. The van der Waals surface area contributed by atoms with Gasteiger partial charge in [-0.1, -0.05) is 6.07 Å². The molecular formula is C20H19NO5. The van der Waals surface area contributed by atoms with Crippen molar-refractivity contribution in [1.29, 1.82) is 0 Å². The second-order valence-corrected chi connectivity index (χ2v) is 6.83. The standard InChI is InChI=1S/C20H19NO5/c1-23-16-4-3-11-7-15-13-9-18-17(25-20(22)26-18)8-12(13)5-6-21(15)10-14(11)19(16)24-2/h3-4,8-9,15H,5-7,10H2,1-2H3. The molecule has 0 amide bonds. The molecule has 0 aliphatic carbocycles. The summed E-state index contributed by atoms with van der Waals surface area (Å²) in [6.07, 6.45) is 1.80. The van der Waals surface area contributed by atoms with E-state index in [9.17, 15) is 4.79 Å². The molecule has 0 saturated heterocycles. The lowest BCUT2D eigenvalue weighted by Gasteiger charge is -2.41. The van der Waals surface area contributed by atoms with E-state index in [0.29, 0.717) is 11.2 Å². The Kier molecular flexibility index (Phi) is 3.37. The molecule has 6 nitrogen and oxygen atoms in total. The lowest BCUT2D eigenvalue weighted by atomic mass is 9.83. The van der Waals surface area contributed by atoms with E-state index in [-0.39, 0.29) is 6.04 Å². The number of benzene rings is 2. The largest absolute Gasteiger partial charge is 0.519 e. The van der Waals surface area contributed by atoms with Gasteiger partial charge in [-0.05, 0) is 47.7 Å². The molecule has 0 bridgehead atoms. The highest BCUT2D eigenvalue weighted by molar-refractivity contribution is 5.73. The second kappa shape index (κ2) is 5.64. The number of rotatable bonds is 2. The van der Waals surface area contributed by atoms with Crippen LogP contribution in [0.5, 0.6) is 11.5 Å². The van der Waals surface area contributed by atoms with Crippen molar-refractivity contribution in [3.8, 4) is 11.5 Å². The zero-order valence-electron chi connectivity index (χ0n) is 14.7. The molecule has 0 radical (unpaired) electrons. The van der Waals surface area contributed by atoms with Crippen molar-refractivity contribution in [2.24, 2.45) is 0 Å². The number of nitrogens with zero attached hydrogens (tertiary/aromatic N) is 1. The van der Waals surface area contributed by atoms with E-state index >= 15 is 0 Å². The van der Waals surface area contributed by atoms with E-state index in [1.807, 2.05) is 18.2 Å². The van der Waals surface area contributed by atoms with Crippen molar-refractivity contribution in [2.45, 2.75) is 25.4 Å². The summed E-state index contributed by atoms with van der Waals surface area (Å²) in [4.78, 5) is 13.9. The van der Waals surface area contributed by atoms with Gasteiger partial charge < -0.3 is 18.3 Å². The molecule has 1 atom stereocenters. The predicted octanol–water partition coefficient (Wildman–Crippen LogP) is 3.06. The molecule has 2 aromatic carbocycles. The molecule has 0 saturated carbocycles. The summed E-state index contributed by atoms with van der Waals surface area (Å²) in [6.45, 7) is 1.76. The van der Waals surface area contributed by atoms with Gasteiger partial charge in [-0.2, -0.15) is 0 Å². The summed E-state index contributed by atoms with van der Waals surface area (Å²) in [5, 5.41) is 0. The lowest BCUT2D eigenvalue weighted by molar-refractivity contribution is 0.158. The summed E-state index contributed by atoms with van der Waals surface area (Å²) in [7, 11) is 3.35. The summed E-state index contributed by atoms with van der Waals surface area (Å²) >= 11 is 0. The van der Waals surface area contributed by atoms with E-state index < -0.39 is 5.82 Å². The van der Waals surface area contributed by atoms with Gasteiger partial charge in [0.05, 0.1) is 14.2 Å². The molecule has 2 aliphatic rings. The van der Waals surface area contributed by atoms with Crippen molar-refractivity contribution >= 4 is 11.2 Å². The van der Waals surface area contributed by atoms with Crippen LogP contribution in [0.1, 0.15) is 28.3 Å². The van der Waals surface area contributed by atoms with Crippen LogP contribution < -0.4 is 15.3 Å². The van der Waals surface area contributed by atoms with Gasteiger partial charge in [-0.3, -0.25) is 4.90 Å². The highest BCUT2D eigenvalue weighted by atomic mass is 16.6. The quantitative estimate of drug-likeness (QED) is 0.705. The zero-order chi connectivity index (χ0) is 17.8. The average molecular weight is 353 g/mol. The number of ether oxygens (including phenoxy) is 2. The Balaban J connectivity index is 1.61. The molecule has 0 fully saturated rings. The molecule has 0 spiro atoms. The minimum atomic E-state index is -0.648. The van der Waals surface area contributed by atoms with Crippen LogP contribution in [0, 0.1) is 0 Å². The Labute approximate surface area is 149 Å². The van der Waals surface area contributed by atoms with Gasteiger partial charge in [0.2, 0.25) is 0 Å². The molecule has 1 aromatic heterocycles. The van der Waals surface area contributed by atoms with Crippen LogP contribution in [0.15, 0.2) is 37.9 Å². The molecule has 1 unspecified atom stereocenters. The molecular weight excluding hydrogens is 334 g/mol. The molecule has 3 aromatic rings. The summed E-state index contributed by atoms with van der Waals surface area (Å²) in [5.74, 6) is 0.944. The Morgan fingerprint density at radius 2 is 1.88 bits per heavy atom. The molecule has 134 valence electrons. The fourth-order valence-electron chi connectivity index (χ4n) is 4.36. The smallest absolute Gasteiger partial charge is 0.493 e. The summed E-state index contributed by atoms with van der Waals surface area (Å²) in [6, 6.07) is 8.28. The third-order valence-corrected chi connectivity index (χ3v) is 5.58. The van der Waals surface area contributed by atoms with Crippen LogP contribution in [-0.4, -0.2) is 25.7 Å². The molecule has 6 heteroatoms. The van der Waals surface area contributed by atoms with Crippen LogP contribution >= 0.6 is 0 Å². The van der Waals surface area contributed by atoms with E-state index in [0.717, 1.165) is 37.4 Å². The highest BCUT2D eigenvalue weighted by Gasteiger charge is 2.34. The normalized spacial score (nSPS) is 18.9. The monoisotopic (exact) mass is 353 g/mol. The van der Waals surface area contributed by atoms with Crippen LogP contribution in [0.25, 0.3) is 11.2 Å². The number of hydrogen-bond donors (Lipinski definition) is 0. The molecule has 5 rings (SSSR count). The zero-order valence-corrected chi connectivity index (χ0v) is 14.7. The first-order chi connectivity index (χ1) is 12.7. The van der Waals surface area contributed by atoms with Crippen molar-refractivity contribution in [1.82, 2.24) is 4.90 Å². The van der Waals surface area contributed by atoms with Crippen LogP contribution in [0.4, 0.5) is 0 Å². The maximum Gasteiger partial charge on any atom is 0.519 e. The van der Waals surface area contributed by atoms with Crippen LogP contribution in [0.3, 0.4) is 0 Å². The third-order valence-electron chi connectivity index (χ3n) is 5.58. The first kappa shape index (κ1) is 15.5. The van der Waals surface area contributed by atoms with E-state index in [1.54, 1.807) is 14.2 Å². The maximum absolute atomic E-state index is 11.4. The van der Waals surface area contributed by atoms with Crippen LogP contribution in [0.2, 0.25) is 0 Å². The van der Waals surface area contributed by atoms with Crippen LogP contribution in [-0.2, 0) is 19.4 Å². The van der Waals surface area contributed by atoms with Crippen molar-refractivity contribution in [3.63, 3.8) is 0 Å². The van der Waals surface area contributed by atoms with Gasteiger partial charge in [-0.15, -0.1) is 0 Å². The lowest BCUT2D eigenvalue weighted by Crippen LogP contribution is -2.39. The molecule has 0 N–H and O–H groups in total. The maximum atomic E-state index is 11.4. The Bertz CT molecular complexity index is 1060. The fourth-order valence-corrected chi connectivity index (χ4v) is 4.36. The van der Waals surface area contributed by atoms with E-state index in [2.05, 4.69) is 11.0 Å². The van der Waals surface area contributed by atoms with Gasteiger partial charge in [0, 0.05) is 24.7 Å². The minimum Gasteiger partial charge on any atom is -0.493 e. The molecule has 3 heterocycles. The van der Waals surface area contributed by atoms with Gasteiger partial charge in [0.1, 0.15) is 0 Å². The van der Waals surface area contributed by atoms with Crippen molar-refractivity contribution in [3.05, 3.63) is 57.1 Å². The number of methoxy groups -OCH3 is 2. The van der Waals surface area contributed by atoms with Crippen molar-refractivity contribution in [2.75, 3.05) is 20.8 Å².